The Bertz CT molecular complexity index is 796. The van der Waals surface area contributed by atoms with Gasteiger partial charge in [0.05, 0.1) is 11.3 Å². The van der Waals surface area contributed by atoms with E-state index >= 15 is 0 Å². The number of hydrogen-bond acceptors (Lipinski definition) is 4. The van der Waals surface area contributed by atoms with Gasteiger partial charge in [0.2, 0.25) is 17.6 Å². The van der Waals surface area contributed by atoms with E-state index in [0.29, 0.717) is 5.56 Å². The van der Waals surface area contributed by atoms with E-state index in [2.05, 4.69) is 5.32 Å². The zero-order valence-corrected chi connectivity index (χ0v) is 13.1. The van der Waals surface area contributed by atoms with Crippen molar-refractivity contribution in [1.82, 2.24) is 5.32 Å². The maximum Gasteiger partial charge on any atom is 0.305 e. The Morgan fingerprint density at radius 1 is 1.16 bits per heavy atom. The van der Waals surface area contributed by atoms with E-state index in [1.165, 1.54) is 6.07 Å². The number of nitrogens with one attached hydrogen (secondary N) is 1. The number of nitro groups is 1. The van der Waals surface area contributed by atoms with Gasteiger partial charge < -0.3 is 11.1 Å². The zero-order valence-electron chi connectivity index (χ0n) is 13.1. The minimum atomic E-state index is -1.05. The average Bonchev–Trinajstić information content (AvgIpc) is 2.56. The lowest BCUT2D eigenvalue weighted by molar-refractivity contribution is -0.387. The highest BCUT2D eigenvalue weighted by Crippen LogP contribution is 2.19. The highest BCUT2D eigenvalue weighted by atomic mass is 19.1. The topological polar surface area (TPSA) is 115 Å². The van der Waals surface area contributed by atoms with Gasteiger partial charge in [0, 0.05) is 12.5 Å². The monoisotopic (exact) mass is 345 g/mol. The first kappa shape index (κ1) is 18.1. The Hall–Kier alpha value is -3.29. The molecule has 0 aliphatic rings. The molecule has 8 heteroatoms. The molecule has 25 heavy (non-hydrogen) atoms. The van der Waals surface area contributed by atoms with Gasteiger partial charge in [-0.25, -0.2) is 0 Å². The van der Waals surface area contributed by atoms with Crippen LogP contribution in [0.25, 0.3) is 0 Å². The number of amides is 2. The van der Waals surface area contributed by atoms with Gasteiger partial charge in [-0.05, 0) is 17.2 Å². The molecule has 2 aromatic carbocycles. The van der Waals surface area contributed by atoms with Crippen molar-refractivity contribution in [2.75, 3.05) is 0 Å². The lowest BCUT2D eigenvalue weighted by atomic mass is 10.0. The number of benzene rings is 2. The van der Waals surface area contributed by atoms with E-state index in [1.807, 2.05) is 6.07 Å². The third-order valence-corrected chi connectivity index (χ3v) is 3.53. The number of nitrogens with zero attached hydrogens (tertiary/aromatic N) is 1. The molecule has 2 rings (SSSR count). The summed E-state index contributed by atoms with van der Waals surface area (Å²) in [6, 6.07) is 11.1. The Morgan fingerprint density at radius 3 is 2.44 bits per heavy atom. The van der Waals surface area contributed by atoms with Crippen molar-refractivity contribution in [3.63, 3.8) is 0 Å². The molecule has 3 N–H and O–H groups in total. The van der Waals surface area contributed by atoms with Gasteiger partial charge in [0.15, 0.2) is 0 Å². The maximum atomic E-state index is 13.4. The molecule has 0 fully saturated rings. The molecule has 0 spiro atoms. The third kappa shape index (κ3) is 5.10. The van der Waals surface area contributed by atoms with Crippen LogP contribution in [0, 0.1) is 15.9 Å². The first-order valence-electron chi connectivity index (χ1n) is 7.42. The lowest BCUT2D eigenvalue weighted by Gasteiger charge is -2.15. The average molecular weight is 345 g/mol. The van der Waals surface area contributed by atoms with Crippen LogP contribution in [0.4, 0.5) is 10.1 Å². The van der Waals surface area contributed by atoms with Gasteiger partial charge in [-0.1, -0.05) is 36.4 Å². The molecule has 2 aromatic rings. The van der Waals surface area contributed by atoms with Crippen molar-refractivity contribution in [2.45, 2.75) is 18.9 Å². The predicted octanol–water partition coefficient (Wildman–Crippen LogP) is 1.49. The standard InChI is InChI=1S/C17H16FN3O4/c18-13-7-6-12(9-15(13)21(24)25)8-14(17(19)23)20-16(22)10-11-4-2-1-3-5-11/h1-7,9,14H,8,10H2,(H2,19,23)(H,20,22)/t14-/m0/s1. The van der Waals surface area contributed by atoms with Crippen LogP contribution in [0.5, 0.6) is 0 Å². The number of primary amides is 1. The van der Waals surface area contributed by atoms with Gasteiger partial charge >= 0.3 is 5.69 Å². The number of nitrogens with two attached hydrogens (primary N) is 1. The highest BCUT2D eigenvalue weighted by Gasteiger charge is 2.21. The molecule has 0 aliphatic carbocycles. The molecule has 0 radical (unpaired) electrons. The minimum Gasteiger partial charge on any atom is -0.368 e. The molecule has 0 unspecified atom stereocenters. The van der Waals surface area contributed by atoms with Crippen LogP contribution in [-0.2, 0) is 22.4 Å². The first-order valence-corrected chi connectivity index (χ1v) is 7.42. The molecular weight excluding hydrogens is 329 g/mol. The summed E-state index contributed by atoms with van der Waals surface area (Å²) in [4.78, 5) is 33.6. The largest absolute Gasteiger partial charge is 0.368 e. The van der Waals surface area contributed by atoms with Crippen LogP contribution in [-0.4, -0.2) is 22.8 Å². The van der Waals surface area contributed by atoms with Crippen molar-refractivity contribution in [3.8, 4) is 0 Å². The van der Waals surface area contributed by atoms with Crippen LogP contribution < -0.4 is 11.1 Å². The van der Waals surface area contributed by atoms with Crippen LogP contribution in [0.15, 0.2) is 48.5 Å². The predicted molar refractivity (Wildman–Crippen MR) is 88.0 cm³/mol. The Kier molecular flexibility index (Phi) is 5.78. The highest BCUT2D eigenvalue weighted by molar-refractivity contribution is 5.87. The fraction of sp³-hybridized carbons (Fsp3) is 0.176. The number of carbonyl (C=O) groups is 2. The lowest BCUT2D eigenvalue weighted by Crippen LogP contribution is -2.46. The fourth-order valence-electron chi connectivity index (χ4n) is 2.31. The quantitative estimate of drug-likeness (QED) is 0.584. The van der Waals surface area contributed by atoms with E-state index in [9.17, 15) is 24.1 Å². The molecule has 0 heterocycles. The van der Waals surface area contributed by atoms with Gasteiger partial charge in [0.25, 0.3) is 0 Å². The number of hydrogen-bond donors (Lipinski definition) is 2. The van der Waals surface area contributed by atoms with Gasteiger partial charge in [-0.15, -0.1) is 0 Å². The van der Waals surface area contributed by atoms with E-state index in [1.54, 1.807) is 24.3 Å². The van der Waals surface area contributed by atoms with Gasteiger partial charge in [0.1, 0.15) is 6.04 Å². The van der Waals surface area contributed by atoms with Gasteiger partial charge in [-0.2, -0.15) is 4.39 Å². The minimum absolute atomic E-state index is 0.0637. The summed E-state index contributed by atoms with van der Waals surface area (Å²) in [5.41, 5.74) is 5.68. The number of nitro benzene ring substituents is 1. The Morgan fingerprint density at radius 2 is 1.84 bits per heavy atom. The van der Waals surface area contributed by atoms with E-state index < -0.39 is 34.3 Å². The summed E-state index contributed by atoms with van der Waals surface area (Å²) in [5, 5.41) is 13.3. The molecule has 0 bridgehead atoms. The van der Waals surface area contributed by atoms with Crippen molar-refractivity contribution in [3.05, 3.63) is 75.6 Å². The van der Waals surface area contributed by atoms with E-state index in [4.69, 9.17) is 5.73 Å². The second kappa shape index (κ2) is 8.00. The Balaban J connectivity index is 2.08. The molecule has 7 nitrogen and oxygen atoms in total. The normalized spacial score (nSPS) is 11.6. The number of halogens is 1. The van der Waals surface area contributed by atoms with Crippen molar-refractivity contribution < 1.29 is 18.9 Å². The van der Waals surface area contributed by atoms with Crippen LogP contribution in [0.3, 0.4) is 0 Å². The zero-order chi connectivity index (χ0) is 18.4. The summed E-state index contributed by atoms with van der Waals surface area (Å²) in [6.45, 7) is 0. The van der Waals surface area contributed by atoms with Crippen molar-refractivity contribution in [1.29, 1.82) is 0 Å². The smallest absolute Gasteiger partial charge is 0.305 e. The molecule has 130 valence electrons. The number of rotatable bonds is 7. The summed E-state index contributed by atoms with van der Waals surface area (Å²) in [5.74, 6) is -2.17. The maximum absolute atomic E-state index is 13.4. The molecule has 0 saturated heterocycles. The third-order valence-electron chi connectivity index (χ3n) is 3.53. The molecule has 0 saturated carbocycles. The summed E-state index contributed by atoms with van der Waals surface area (Å²) in [7, 11) is 0. The molecular formula is C17H16FN3O4. The van der Waals surface area contributed by atoms with E-state index in [-0.39, 0.29) is 12.8 Å². The summed E-state index contributed by atoms with van der Waals surface area (Å²) >= 11 is 0. The van der Waals surface area contributed by atoms with Crippen LogP contribution in [0.1, 0.15) is 11.1 Å². The molecule has 0 aromatic heterocycles. The van der Waals surface area contributed by atoms with Crippen molar-refractivity contribution in [2.24, 2.45) is 5.73 Å². The van der Waals surface area contributed by atoms with E-state index in [0.717, 1.165) is 17.7 Å². The molecule has 1 atom stereocenters. The number of carbonyl (C=O) groups excluding carboxylic acids is 2. The second-order valence-electron chi connectivity index (χ2n) is 5.43. The van der Waals surface area contributed by atoms with Crippen LogP contribution in [0.2, 0.25) is 0 Å². The molecule has 0 aliphatic heterocycles. The SMILES string of the molecule is NC(=O)[C@H](Cc1ccc(F)c([N+](=O)[O-])c1)NC(=O)Cc1ccccc1. The van der Waals surface area contributed by atoms with Crippen LogP contribution >= 0.6 is 0 Å². The Labute approximate surface area is 142 Å². The summed E-state index contributed by atoms with van der Waals surface area (Å²) < 4.78 is 13.4. The van der Waals surface area contributed by atoms with Gasteiger partial charge in [-0.3, -0.25) is 19.7 Å². The summed E-state index contributed by atoms with van der Waals surface area (Å²) in [6.07, 6.45) is -0.00876. The molecule has 2 amide bonds. The van der Waals surface area contributed by atoms with Crippen molar-refractivity contribution >= 4 is 17.5 Å². The second-order valence-corrected chi connectivity index (χ2v) is 5.43. The fourth-order valence-corrected chi connectivity index (χ4v) is 2.31. The first-order chi connectivity index (χ1) is 11.9.